The van der Waals surface area contributed by atoms with Crippen molar-refractivity contribution in [3.8, 4) is 0 Å². The molecular formula is C9H16F2O. The van der Waals surface area contributed by atoms with Crippen LogP contribution in [-0.4, -0.2) is 25.6 Å². The maximum atomic E-state index is 12.9. The Balaban J connectivity index is 2.43. The molecule has 0 radical (unpaired) electrons. The van der Waals surface area contributed by atoms with E-state index >= 15 is 0 Å². The van der Waals surface area contributed by atoms with Gasteiger partial charge >= 0.3 is 0 Å². The van der Waals surface area contributed by atoms with Gasteiger partial charge in [0.25, 0.3) is 0 Å². The minimum Gasteiger partial charge on any atom is -0.381 e. The van der Waals surface area contributed by atoms with E-state index in [2.05, 4.69) is 0 Å². The van der Waals surface area contributed by atoms with E-state index in [-0.39, 0.29) is 18.4 Å². The normalized spacial score (nSPS) is 39.5. The number of rotatable bonds is 2. The Morgan fingerprint density at radius 1 is 1.17 bits per heavy atom. The van der Waals surface area contributed by atoms with Crippen LogP contribution in [0.5, 0.6) is 0 Å². The highest BCUT2D eigenvalue weighted by atomic mass is 19.1. The van der Waals surface area contributed by atoms with Crippen LogP contribution in [0.4, 0.5) is 8.78 Å². The van der Waals surface area contributed by atoms with Gasteiger partial charge in [0.2, 0.25) is 0 Å². The second-order valence-electron chi connectivity index (χ2n) is 3.60. The molecule has 0 aromatic carbocycles. The molecule has 12 heavy (non-hydrogen) atoms. The molecule has 0 N–H and O–H groups in total. The van der Waals surface area contributed by atoms with E-state index < -0.39 is 12.3 Å². The third-order valence-electron chi connectivity index (χ3n) is 2.66. The van der Waals surface area contributed by atoms with Crippen molar-refractivity contribution in [1.29, 1.82) is 0 Å². The van der Waals surface area contributed by atoms with Crippen LogP contribution in [0.3, 0.4) is 0 Å². The van der Waals surface area contributed by atoms with E-state index in [1.165, 1.54) is 0 Å². The molecule has 1 rings (SSSR count). The third-order valence-corrected chi connectivity index (χ3v) is 2.66. The lowest BCUT2D eigenvalue weighted by Gasteiger charge is -2.30. The summed E-state index contributed by atoms with van der Waals surface area (Å²) in [6.07, 6.45) is -0.993. The number of hydrogen-bond acceptors (Lipinski definition) is 1. The van der Waals surface area contributed by atoms with Crippen LogP contribution in [0.25, 0.3) is 0 Å². The van der Waals surface area contributed by atoms with E-state index in [0.717, 1.165) is 0 Å². The third kappa shape index (κ3) is 2.41. The Morgan fingerprint density at radius 3 is 2.08 bits per heavy atom. The van der Waals surface area contributed by atoms with Gasteiger partial charge in [-0.3, -0.25) is 0 Å². The van der Waals surface area contributed by atoms with Crippen LogP contribution >= 0.6 is 0 Å². The fraction of sp³-hybridized carbons (Fsp3) is 1.00. The first-order valence-electron chi connectivity index (χ1n) is 4.44. The van der Waals surface area contributed by atoms with Crippen LogP contribution in [0, 0.1) is 5.92 Å². The molecule has 1 fully saturated rings. The zero-order valence-electron chi connectivity index (χ0n) is 7.59. The number of ether oxygens (including phenoxy) is 1. The molecule has 0 aromatic rings. The van der Waals surface area contributed by atoms with Crippen molar-refractivity contribution >= 4 is 0 Å². The summed E-state index contributed by atoms with van der Waals surface area (Å²) in [5, 5.41) is 0. The predicted octanol–water partition coefficient (Wildman–Crippen LogP) is 2.50. The summed E-state index contributed by atoms with van der Waals surface area (Å²) in [4.78, 5) is 0. The number of halogens is 2. The smallest absolute Gasteiger partial charge is 0.103 e. The molecule has 0 aromatic heterocycles. The van der Waals surface area contributed by atoms with Crippen LogP contribution < -0.4 is 0 Å². The quantitative estimate of drug-likeness (QED) is 0.631. The summed E-state index contributed by atoms with van der Waals surface area (Å²) in [5.41, 5.74) is 0. The topological polar surface area (TPSA) is 9.23 Å². The van der Waals surface area contributed by atoms with Crippen LogP contribution in [0.2, 0.25) is 0 Å². The van der Waals surface area contributed by atoms with Gasteiger partial charge in [0.05, 0.1) is 6.10 Å². The molecule has 0 aliphatic heterocycles. The van der Waals surface area contributed by atoms with Gasteiger partial charge in [-0.05, 0) is 25.7 Å². The molecule has 3 unspecified atom stereocenters. The Labute approximate surface area is 72.1 Å². The van der Waals surface area contributed by atoms with Crippen molar-refractivity contribution in [2.24, 2.45) is 5.92 Å². The average Bonchev–Trinajstić information content (AvgIpc) is 2.01. The van der Waals surface area contributed by atoms with Crippen molar-refractivity contribution in [3.05, 3.63) is 0 Å². The van der Waals surface area contributed by atoms with Gasteiger partial charge in [0.15, 0.2) is 0 Å². The zero-order valence-corrected chi connectivity index (χ0v) is 7.59. The second-order valence-corrected chi connectivity index (χ2v) is 3.60. The molecule has 0 spiro atoms. The fourth-order valence-electron chi connectivity index (χ4n) is 1.80. The summed E-state index contributed by atoms with van der Waals surface area (Å²) >= 11 is 0. The molecule has 1 saturated carbocycles. The molecule has 0 heterocycles. The highest BCUT2D eigenvalue weighted by Gasteiger charge is 2.31. The van der Waals surface area contributed by atoms with E-state index in [4.69, 9.17) is 4.74 Å². The molecule has 72 valence electrons. The fourth-order valence-corrected chi connectivity index (χ4v) is 1.80. The molecule has 1 nitrogen and oxygen atoms in total. The van der Waals surface area contributed by atoms with E-state index in [1.807, 2.05) is 6.92 Å². The first-order chi connectivity index (χ1) is 5.63. The largest absolute Gasteiger partial charge is 0.381 e. The minimum absolute atomic E-state index is 0.0261. The first-order valence-corrected chi connectivity index (χ1v) is 4.44. The lowest BCUT2D eigenvalue weighted by atomic mass is 9.83. The summed E-state index contributed by atoms with van der Waals surface area (Å²) < 4.78 is 30.8. The molecule has 3 heteroatoms. The number of alkyl halides is 2. The minimum atomic E-state index is -0.976. The summed E-state index contributed by atoms with van der Waals surface area (Å²) in [6, 6.07) is 0. The van der Waals surface area contributed by atoms with E-state index in [0.29, 0.717) is 12.8 Å². The van der Waals surface area contributed by atoms with Gasteiger partial charge in [-0.25, -0.2) is 8.78 Å². The molecular weight excluding hydrogens is 162 g/mol. The Bertz CT molecular complexity index is 130. The maximum Gasteiger partial charge on any atom is 0.103 e. The Hall–Kier alpha value is -0.180. The summed E-state index contributed by atoms with van der Waals surface area (Å²) in [6.45, 7) is 1.87. The van der Waals surface area contributed by atoms with E-state index in [1.54, 1.807) is 7.11 Å². The highest BCUT2D eigenvalue weighted by Crippen LogP contribution is 2.31. The monoisotopic (exact) mass is 178 g/mol. The molecule has 0 amide bonds. The molecule has 0 bridgehead atoms. The van der Waals surface area contributed by atoms with Crippen molar-refractivity contribution in [3.63, 3.8) is 0 Å². The Kier molecular flexibility index (Phi) is 3.44. The average molecular weight is 178 g/mol. The van der Waals surface area contributed by atoms with E-state index in [9.17, 15) is 8.78 Å². The summed E-state index contributed by atoms with van der Waals surface area (Å²) in [7, 11) is 1.58. The first kappa shape index (κ1) is 9.90. The Morgan fingerprint density at radius 2 is 1.67 bits per heavy atom. The van der Waals surface area contributed by atoms with Crippen molar-refractivity contribution in [2.75, 3.05) is 7.11 Å². The van der Waals surface area contributed by atoms with Crippen molar-refractivity contribution in [2.45, 2.75) is 44.6 Å². The van der Waals surface area contributed by atoms with Crippen molar-refractivity contribution in [1.82, 2.24) is 0 Å². The lowest BCUT2D eigenvalue weighted by molar-refractivity contribution is 0.0103. The zero-order chi connectivity index (χ0) is 9.14. The van der Waals surface area contributed by atoms with Gasteiger partial charge in [0.1, 0.15) is 12.3 Å². The van der Waals surface area contributed by atoms with Crippen LogP contribution in [-0.2, 0) is 4.74 Å². The summed E-state index contributed by atoms with van der Waals surface area (Å²) in [5.74, 6) is 0.0498. The van der Waals surface area contributed by atoms with Gasteiger partial charge < -0.3 is 4.74 Å². The van der Waals surface area contributed by atoms with Gasteiger partial charge in [0, 0.05) is 13.5 Å². The second kappa shape index (κ2) is 4.17. The predicted molar refractivity (Wildman–Crippen MR) is 43.6 cm³/mol. The lowest BCUT2D eigenvalue weighted by Crippen LogP contribution is -2.32. The standard InChI is InChI=1S/C9H16F2O/c1-6(12-2)7-3-8(10)5-9(11)4-7/h6-9H,3-5H2,1-2H3. The van der Waals surface area contributed by atoms with Gasteiger partial charge in [-0.2, -0.15) is 0 Å². The van der Waals surface area contributed by atoms with Crippen LogP contribution in [0.15, 0.2) is 0 Å². The van der Waals surface area contributed by atoms with Crippen LogP contribution in [0.1, 0.15) is 26.2 Å². The molecule has 1 aliphatic carbocycles. The number of hydrogen-bond donors (Lipinski definition) is 0. The molecule has 0 saturated heterocycles. The van der Waals surface area contributed by atoms with Gasteiger partial charge in [-0.1, -0.05) is 0 Å². The molecule has 3 atom stereocenters. The highest BCUT2D eigenvalue weighted by molar-refractivity contribution is 4.81. The maximum absolute atomic E-state index is 12.9. The van der Waals surface area contributed by atoms with Gasteiger partial charge in [-0.15, -0.1) is 0 Å². The number of methoxy groups -OCH3 is 1. The molecule has 1 aliphatic rings. The SMILES string of the molecule is COC(C)C1CC(F)CC(F)C1. The van der Waals surface area contributed by atoms with Crippen molar-refractivity contribution < 1.29 is 13.5 Å².